The highest BCUT2D eigenvalue weighted by Gasteiger charge is 2.26. The van der Waals surface area contributed by atoms with E-state index >= 15 is 0 Å². The molecule has 0 spiro atoms. The lowest BCUT2D eigenvalue weighted by Gasteiger charge is -2.08. The average Bonchev–Trinajstić information content (AvgIpc) is 2.32. The molecule has 0 fully saturated rings. The Hall–Kier alpha value is -0.820. The summed E-state index contributed by atoms with van der Waals surface area (Å²) < 4.78 is 0. The van der Waals surface area contributed by atoms with Gasteiger partial charge in [0, 0.05) is 6.04 Å². The molecule has 1 aromatic rings. The molecule has 1 aliphatic carbocycles. The Balaban J connectivity index is 2.53. The van der Waals surface area contributed by atoms with E-state index in [9.17, 15) is 0 Å². The van der Waals surface area contributed by atoms with E-state index in [-0.39, 0.29) is 0 Å². The molecule has 1 aliphatic rings. The highest BCUT2D eigenvalue weighted by Crippen LogP contribution is 2.33. The van der Waals surface area contributed by atoms with Crippen LogP contribution in [0.25, 0.3) is 0 Å². The summed E-state index contributed by atoms with van der Waals surface area (Å²) in [5.74, 6) is 0.542. The van der Waals surface area contributed by atoms with Crippen LogP contribution in [0.2, 0.25) is 0 Å². The molecule has 1 aromatic carbocycles. The molecular weight excluding hydrogens is 146 g/mol. The third kappa shape index (κ3) is 0.969. The van der Waals surface area contributed by atoms with Crippen LogP contribution in [0.4, 0.5) is 0 Å². The zero-order valence-electron chi connectivity index (χ0n) is 7.67. The van der Waals surface area contributed by atoms with Crippen LogP contribution in [0.3, 0.4) is 0 Å². The lowest BCUT2D eigenvalue weighted by atomic mass is 10.00. The molecule has 0 aliphatic heterocycles. The van der Waals surface area contributed by atoms with Gasteiger partial charge in [-0.3, -0.25) is 0 Å². The fraction of sp³-hybridized carbons (Fsp3) is 0.455. The van der Waals surface area contributed by atoms with E-state index in [2.05, 4.69) is 32.0 Å². The first-order valence-corrected chi connectivity index (χ1v) is 4.54. The molecule has 0 heterocycles. The highest BCUT2D eigenvalue weighted by molar-refractivity contribution is 5.42. The predicted octanol–water partition coefficient (Wildman–Crippen LogP) is 1.98. The van der Waals surface area contributed by atoms with Crippen LogP contribution in [-0.2, 0) is 6.42 Å². The van der Waals surface area contributed by atoms with Gasteiger partial charge in [0.2, 0.25) is 0 Å². The minimum Gasteiger partial charge on any atom is -0.327 e. The van der Waals surface area contributed by atoms with Crippen molar-refractivity contribution >= 4 is 0 Å². The summed E-state index contributed by atoms with van der Waals surface area (Å²) in [4.78, 5) is 0. The van der Waals surface area contributed by atoms with E-state index in [0.717, 1.165) is 6.42 Å². The Kier molecular flexibility index (Phi) is 1.69. The van der Waals surface area contributed by atoms with Gasteiger partial charge in [-0.05, 0) is 36.0 Å². The summed E-state index contributed by atoms with van der Waals surface area (Å²) in [5, 5.41) is 0. The number of rotatable bonds is 0. The first kappa shape index (κ1) is 7.81. The summed E-state index contributed by atoms with van der Waals surface area (Å²) >= 11 is 0. The minimum absolute atomic E-state index is 0.334. The second-order valence-electron chi connectivity index (χ2n) is 3.80. The van der Waals surface area contributed by atoms with E-state index in [0.29, 0.717) is 12.0 Å². The Morgan fingerprint density at radius 3 is 2.83 bits per heavy atom. The summed E-state index contributed by atoms with van der Waals surface area (Å²) in [6.45, 7) is 4.39. The number of hydrogen-bond acceptors (Lipinski definition) is 1. The van der Waals surface area contributed by atoms with Crippen molar-refractivity contribution in [3.05, 3.63) is 34.9 Å². The third-order valence-corrected chi connectivity index (χ3v) is 3.02. The van der Waals surface area contributed by atoms with Crippen molar-refractivity contribution < 1.29 is 0 Å². The number of aryl methyl sites for hydroxylation is 1. The lowest BCUT2D eigenvalue weighted by molar-refractivity contribution is 0.614. The molecule has 64 valence electrons. The fourth-order valence-electron chi connectivity index (χ4n) is 2.07. The topological polar surface area (TPSA) is 26.0 Å². The quantitative estimate of drug-likeness (QED) is 0.618. The molecule has 0 saturated heterocycles. The van der Waals surface area contributed by atoms with Gasteiger partial charge in [-0.25, -0.2) is 0 Å². The van der Waals surface area contributed by atoms with Gasteiger partial charge in [-0.15, -0.1) is 0 Å². The van der Waals surface area contributed by atoms with Crippen molar-refractivity contribution in [2.45, 2.75) is 32.2 Å². The summed E-state index contributed by atoms with van der Waals surface area (Å²) in [7, 11) is 0. The molecule has 2 N–H and O–H groups in total. The van der Waals surface area contributed by atoms with Crippen molar-refractivity contribution in [3.63, 3.8) is 0 Å². The molecule has 1 nitrogen and oxygen atoms in total. The van der Waals surface area contributed by atoms with Crippen molar-refractivity contribution in [1.82, 2.24) is 0 Å². The molecule has 2 unspecified atom stereocenters. The molecule has 0 radical (unpaired) electrons. The van der Waals surface area contributed by atoms with Gasteiger partial charge in [-0.1, -0.05) is 25.1 Å². The van der Waals surface area contributed by atoms with Gasteiger partial charge in [0.25, 0.3) is 0 Å². The van der Waals surface area contributed by atoms with Crippen LogP contribution in [0.15, 0.2) is 18.2 Å². The number of fused-ring (bicyclic) bond motifs is 1. The summed E-state index contributed by atoms with van der Waals surface area (Å²) in [6, 6.07) is 6.84. The zero-order valence-corrected chi connectivity index (χ0v) is 7.67. The Labute approximate surface area is 73.6 Å². The van der Waals surface area contributed by atoms with Gasteiger partial charge < -0.3 is 5.73 Å². The Bertz CT molecular complexity index is 304. The van der Waals surface area contributed by atoms with E-state index in [1.165, 1.54) is 16.7 Å². The van der Waals surface area contributed by atoms with Crippen LogP contribution >= 0.6 is 0 Å². The Morgan fingerprint density at radius 2 is 2.17 bits per heavy atom. The lowest BCUT2D eigenvalue weighted by Crippen LogP contribution is -2.22. The van der Waals surface area contributed by atoms with Gasteiger partial charge in [0.05, 0.1) is 0 Å². The minimum atomic E-state index is 0.334. The monoisotopic (exact) mass is 161 g/mol. The van der Waals surface area contributed by atoms with E-state index in [4.69, 9.17) is 5.73 Å². The second kappa shape index (κ2) is 2.60. The molecular formula is C11H15N. The number of hydrogen-bond donors (Lipinski definition) is 1. The van der Waals surface area contributed by atoms with Crippen LogP contribution in [0, 0.1) is 6.92 Å². The molecule has 1 heteroatoms. The average molecular weight is 161 g/mol. The van der Waals surface area contributed by atoms with Crippen molar-refractivity contribution in [1.29, 1.82) is 0 Å². The fourth-order valence-corrected chi connectivity index (χ4v) is 2.07. The molecule has 0 saturated carbocycles. The van der Waals surface area contributed by atoms with Crippen molar-refractivity contribution in [2.24, 2.45) is 5.73 Å². The molecule has 0 amide bonds. The van der Waals surface area contributed by atoms with Gasteiger partial charge >= 0.3 is 0 Å². The van der Waals surface area contributed by atoms with Crippen LogP contribution in [0.5, 0.6) is 0 Å². The van der Waals surface area contributed by atoms with Crippen LogP contribution in [-0.4, -0.2) is 6.04 Å². The van der Waals surface area contributed by atoms with Crippen molar-refractivity contribution in [3.8, 4) is 0 Å². The van der Waals surface area contributed by atoms with Gasteiger partial charge in [0.1, 0.15) is 0 Å². The predicted molar refractivity (Wildman–Crippen MR) is 51.3 cm³/mol. The SMILES string of the molecule is Cc1cccc2c1CC(N)C2C. The Morgan fingerprint density at radius 1 is 1.42 bits per heavy atom. The zero-order chi connectivity index (χ0) is 8.72. The molecule has 2 rings (SSSR count). The first-order chi connectivity index (χ1) is 5.70. The largest absolute Gasteiger partial charge is 0.327 e. The van der Waals surface area contributed by atoms with Crippen LogP contribution < -0.4 is 5.73 Å². The van der Waals surface area contributed by atoms with Gasteiger partial charge in [0.15, 0.2) is 0 Å². The van der Waals surface area contributed by atoms with Gasteiger partial charge in [-0.2, -0.15) is 0 Å². The smallest absolute Gasteiger partial charge is 0.0146 e. The van der Waals surface area contributed by atoms with E-state index < -0.39 is 0 Å². The standard InChI is InChI=1S/C11H15N/c1-7-4-3-5-9-8(2)11(12)6-10(7)9/h3-5,8,11H,6,12H2,1-2H3. The number of nitrogens with two attached hydrogens (primary N) is 1. The maximum absolute atomic E-state index is 6.00. The molecule has 0 bridgehead atoms. The maximum Gasteiger partial charge on any atom is 0.0146 e. The third-order valence-electron chi connectivity index (χ3n) is 3.02. The summed E-state index contributed by atoms with van der Waals surface area (Å²) in [6.07, 6.45) is 1.06. The molecule has 2 atom stereocenters. The van der Waals surface area contributed by atoms with Crippen molar-refractivity contribution in [2.75, 3.05) is 0 Å². The van der Waals surface area contributed by atoms with E-state index in [1.54, 1.807) is 0 Å². The summed E-state index contributed by atoms with van der Waals surface area (Å²) in [5.41, 5.74) is 10.3. The first-order valence-electron chi connectivity index (χ1n) is 4.54. The normalized spacial score (nSPS) is 27.2. The van der Waals surface area contributed by atoms with E-state index in [1.807, 2.05) is 0 Å². The molecule has 0 aromatic heterocycles. The molecule has 12 heavy (non-hydrogen) atoms. The highest BCUT2D eigenvalue weighted by atomic mass is 14.7. The number of benzene rings is 1. The second-order valence-corrected chi connectivity index (χ2v) is 3.80. The maximum atomic E-state index is 6.00. The van der Waals surface area contributed by atoms with Crippen LogP contribution in [0.1, 0.15) is 29.5 Å².